The van der Waals surface area contributed by atoms with E-state index in [0.717, 1.165) is 0 Å². The van der Waals surface area contributed by atoms with Gasteiger partial charge in [-0.25, -0.2) is 4.39 Å². The van der Waals surface area contributed by atoms with E-state index in [1.54, 1.807) is 36.4 Å². The molecule has 2 amide bonds. The Bertz CT molecular complexity index is 913. The Balaban J connectivity index is 1.13. The number of nitrogens with one attached hydrogen (secondary N) is 2. The second-order valence-electron chi connectivity index (χ2n) is 7.94. The molecule has 0 radical (unpaired) electrons. The highest BCUT2D eigenvalue weighted by atomic mass is 35.5. The summed E-state index contributed by atoms with van der Waals surface area (Å²) in [4.78, 5) is 24.6. The number of benzene rings is 2. The third-order valence-corrected chi connectivity index (χ3v) is 5.82. The molecule has 3 saturated carbocycles. The zero-order valence-electron chi connectivity index (χ0n) is 16.3. The van der Waals surface area contributed by atoms with Gasteiger partial charge in [0.1, 0.15) is 23.9 Å². The second kappa shape index (κ2) is 8.14. The number of halogens is 2. The summed E-state index contributed by atoms with van der Waals surface area (Å²) in [7, 11) is 0. The maximum absolute atomic E-state index is 12.9. The Morgan fingerprint density at radius 2 is 1.57 bits per heavy atom. The Kier molecular flexibility index (Phi) is 5.56. The molecule has 0 saturated heterocycles. The van der Waals surface area contributed by atoms with Crippen LogP contribution < -0.4 is 20.1 Å². The minimum Gasteiger partial charge on any atom is -0.492 e. The lowest BCUT2D eigenvalue weighted by Gasteiger charge is -2.69. The van der Waals surface area contributed by atoms with Crippen LogP contribution >= 0.6 is 11.6 Å². The molecule has 2 aromatic rings. The van der Waals surface area contributed by atoms with Crippen LogP contribution in [0, 0.1) is 11.2 Å². The third kappa shape index (κ3) is 4.36. The fraction of sp³-hybridized carbons (Fsp3) is 0.364. The van der Waals surface area contributed by atoms with Crippen molar-refractivity contribution in [3.8, 4) is 11.5 Å². The maximum atomic E-state index is 12.9. The van der Waals surface area contributed by atoms with Crippen LogP contribution in [0.3, 0.4) is 0 Å². The van der Waals surface area contributed by atoms with Gasteiger partial charge in [0.15, 0.2) is 6.61 Å². The predicted octanol–water partition coefficient (Wildman–Crippen LogP) is 3.09. The topological polar surface area (TPSA) is 76.7 Å². The molecule has 0 heterocycles. The molecule has 3 aliphatic carbocycles. The zero-order valence-corrected chi connectivity index (χ0v) is 17.0. The molecular formula is C22H22ClFN2O4. The molecule has 6 nitrogen and oxygen atoms in total. The van der Waals surface area contributed by atoms with Crippen molar-refractivity contribution in [3.63, 3.8) is 0 Å². The van der Waals surface area contributed by atoms with Crippen molar-refractivity contribution >= 4 is 23.4 Å². The highest BCUT2D eigenvalue weighted by Crippen LogP contribution is 2.67. The number of carbonyl (C=O) groups excluding carboxylic acids is 2. The molecule has 2 N–H and O–H groups in total. The maximum Gasteiger partial charge on any atom is 0.258 e. The quantitative estimate of drug-likeness (QED) is 0.597. The lowest BCUT2D eigenvalue weighted by molar-refractivity contribution is -0.184. The van der Waals surface area contributed by atoms with Gasteiger partial charge in [-0.2, -0.15) is 0 Å². The van der Waals surface area contributed by atoms with Crippen LogP contribution in [0.5, 0.6) is 11.5 Å². The predicted molar refractivity (Wildman–Crippen MR) is 109 cm³/mol. The van der Waals surface area contributed by atoms with Gasteiger partial charge in [-0.05, 0) is 67.8 Å². The van der Waals surface area contributed by atoms with Gasteiger partial charge in [0.25, 0.3) is 5.91 Å². The van der Waals surface area contributed by atoms with Crippen LogP contribution in [0.4, 0.5) is 4.39 Å². The molecule has 30 heavy (non-hydrogen) atoms. The van der Waals surface area contributed by atoms with Crippen LogP contribution in [0.2, 0.25) is 5.02 Å². The van der Waals surface area contributed by atoms with E-state index in [9.17, 15) is 14.0 Å². The van der Waals surface area contributed by atoms with Crippen molar-refractivity contribution in [1.82, 2.24) is 10.6 Å². The number of carbonyl (C=O) groups is 2. The van der Waals surface area contributed by atoms with E-state index in [0.29, 0.717) is 48.9 Å². The summed E-state index contributed by atoms with van der Waals surface area (Å²) in [5.74, 6) is 0.589. The van der Waals surface area contributed by atoms with Gasteiger partial charge in [0.05, 0.1) is 12.0 Å². The van der Waals surface area contributed by atoms with Crippen LogP contribution in [0.1, 0.15) is 19.3 Å². The van der Waals surface area contributed by atoms with Crippen molar-refractivity contribution in [2.24, 2.45) is 5.41 Å². The molecule has 0 unspecified atom stereocenters. The van der Waals surface area contributed by atoms with Gasteiger partial charge in [0, 0.05) is 10.6 Å². The molecule has 0 aliphatic heterocycles. The molecule has 2 bridgehead atoms. The molecule has 8 heteroatoms. The lowest BCUT2D eigenvalue weighted by atomic mass is 9.39. The zero-order chi connectivity index (χ0) is 21.2. The Morgan fingerprint density at radius 1 is 0.967 bits per heavy atom. The average Bonchev–Trinajstić information content (AvgIpc) is 2.67. The molecule has 0 spiro atoms. The van der Waals surface area contributed by atoms with Crippen molar-refractivity contribution in [3.05, 3.63) is 59.4 Å². The van der Waals surface area contributed by atoms with E-state index in [2.05, 4.69) is 10.6 Å². The molecule has 0 aromatic heterocycles. The number of ether oxygens (including phenoxy) is 2. The first-order chi connectivity index (χ1) is 14.4. The lowest BCUT2D eigenvalue weighted by Crippen LogP contribution is -2.78. The number of hydrogen-bond acceptors (Lipinski definition) is 4. The summed E-state index contributed by atoms with van der Waals surface area (Å²) < 4.78 is 23.8. The first-order valence-electron chi connectivity index (χ1n) is 9.74. The van der Waals surface area contributed by atoms with Gasteiger partial charge in [0.2, 0.25) is 5.91 Å². The fourth-order valence-corrected chi connectivity index (χ4v) is 4.35. The van der Waals surface area contributed by atoms with Crippen molar-refractivity contribution in [1.29, 1.82) is 0 Å². The van der Waals surface area contributed by atoms with Gasteiger partial charge < -0.3 is 20.1 Å². The first kappa shape index (κ1) is 20.5. The molecule has 3 fully saturated rings. The molecule has 3 aliphatic rings. The van der Waals surface area contributed by atoms with Crippen LogP contribution in [0.25, 0.3) is 0 Å². The molecule has 2 aromatic carbocycles. The third-order valence-electron chi connectivity index (χ3n) is 5.57. The van der Waals surface area contributed by atoms with Gasteiger partial charge >= 0.3 is 0 Å². The summed E-state index contributed by atoms with van der Waals surface area (Å²) in [5.41, 5.74) is -0.678. The molecule has 158 valence electrons. The Labute approximate surface area is 178 Å². The average molecular weight is 433 g/mol. The highest BCUT2D eigenvalue weighted by molar-refractivity contribution is 6.30. The summed E-state index contributed by atoms with van der Waals surface area (Å²) in [6.45, 7) is 0.590. The smallest absolute Gasteiger partial charge is 0.258 e. The first-order valence-corrected chi connectivity index (χ1v) is 10.1. The van der Waals surface area contributed by atoms with Crippen LogP contribution in [0.15, 0.2) is 48.5 Å². The molecular weight excluding hydrogens is 411 g/mol. The van der Waals surface area contributed by atoms with Crippen LogP contribution in [-0.2, 0) is 9.59 Å². The summed E-state index contributed by atoms with van der Waals surface area (Å²) >= 11 is 5.82. The van der Waals surface area contributed by atoms with E-state index in [-0.39, 0.29) is 35.2 Å². The van der Waals surface area contributed by atoms with E-state index in [4.69, 9.17) is 21.1 Å². The second-order valence-corrected chi connectivity index (χ2v) is 8.38. The number of amides is 2. The van der Waals surface area contributed by atoms with E-state index in [1.165, 1.54) is 12.1 Å². The van der Waals surface area contributed by atoms with E-state index >= 15 is 0 Å². The van der Waals surface area contributed by atoms with Gasteiger partial charge in [-0.3, -0.25) is 9.59 Å². The SMILES string of the molecule is O=C(COc1ccc(Cl)cc1)NC12CC(C(=O)NCCOc3ccc(F)cc3)(C1)C2. The minimum absolute atomic E-state index is 0.0151. The Morgan fingerprint density at radius 3 is 2.23 bits per heavy atom. The molecule has 5 rings (SSSR count). The number of rotatable bonds is 9. The summed E-state index contributed by atoms with van der Waals surface area (Å²) in [6, 6.07) is 12.5. The summed E-state index contributed by atoms with van der Waals surface area (Å²) in [6.07, 6.45) is 1.91. The van der Waals surface area contributed by atoms with E-state index < -0.39 is 0 Å². The molecule has 0 atom stereocenters. The largest absolute Gasteiger partial charge is 0.492 e. The van der Waals surface area contributed by atoms with Crippen molar-refractivity contribution in [2.75, 3.05) is 19.8 Å². The van der Waals surface area contributed by atoms with E-state index in [1.807, 2.05) is 0 Å². The van der Waals surface area contributed by atoms with Crippen molar-refractivity contribution in [2.45, 2.75) is 24.8 Å². The van der Waals surface area contributed by atoms with Gasteiger partial charge in [-0.1, -0.05) is 11.6 Å². The normalized spacial score (nSPS) is 23.5. The van der Waals surface area contributed by atoms with Crippen molar-refractivity contribution < 1.29 is 23.5 Å². The fourth-order valence-electron chi connectivity index (χ4n) is 4.22. The number of hydrogen-bond donors (Lipinski definition) is 2. The standard InChI is InChI=1S/C22H22ClFN2O4/c23-15-1-5-18(6-2-15)30-11-19(27)26-22-12-21(13-22,14-22)20(28)25-9-10-29-17-7-3-16(24)4-8-17/h1-8H,9-14H2,(H,25,28)(H,26,27). The van der Waals surface area contributed by atoms with Gasteiger partial charge in [-0.15, -0.1) is 0 Å². The highest BCUT2D eigenvalue weighted by Gasteiger charge is 2.72. The monoisotopic (exact) mass is 432 g/mol. The summed E-state index contributed by atoms with van der Waals surface area (Å²) in [5, 5.41) is 6.47. The minimum atomic E-state index is -0.389. The Hall–Kier alpha value is -2.80. The van der Waals surface area contributed by atoms with Crippen LogP contribution in [-0.4, -0.2) is 37.1 Å².